The Labute approximate surface area is 109 Å². The SMILES string of the molecule is c1nc2c(c(NCCCC3CC3)n1)CCCCC2. The summed E-state index contributed by atoms with van der Waals surface area (Å²) in [5, 5.41) is 3.53. The lowest BCUT2D eigenvalue weighted by Crippen LogP contribution is -2.09. The molecule has 0 unspecified atom stereocenters. The predicted octanol–water partition coefficient (Wildman–Crippen LogP) is 3.35. The molecule has 0 aliphatic heterocycles. The molecule has 18 heavy (non-hydrogen) atoms. The van der Waals surface area contributed by atoms with E-state index in [9.17, 15) is 0 Å². The molecule has 0 radical (unpaired) electrons. The molecule has 0 spiro atoms. The van der Waals surface area contributed by atoms with Gasteiger partial charge >= 0.3 is 0 Å². The van der Waals surface area contributed by atoms with E-state index in [0.717, 1.165) is 31.1 Å². The van der Waals surface area contributed by atoms with Gasteiger partial charge in [0.15, 0.2) is 0 Å². The van der Waals surface area contributed by atoms with Gasteiger partial charge < -0.3 is 5.32 Å². The van der Waals surface area contributed by atoms with Crippen LogP contribution in [0.5, 0.6) is 0 Å². The van der Waals surface area contributed by atoms with Crippen molar-refractivity contribution in [3.8, 4) is 0 Å². The molecule has 3 nitrogen and oxygen atoms in total. The van der Waals surface area contributed by atoms with Crippen LogP contribution in [-0.4, -0.2) is 16.5 Å². The van der Waals surface area contributed by atoms with Crippen LogP contribution in [-0.2, 0) is 12.8 Å². The van der Waals surface area contributed by atoms with Gasteiger partial charge in [0.25, 0.3) is 0 Å². The third-order valence-corrected chi connectivity index (χ3v) is 4.15. The Morgan fingerprint density at radius 2 is 2.00 bits per heavy atom. The predicted molar refractivity (Wildman–Crippen MR) is 73.7 cm³/mol. The van der Waals surface area contributed by atoms with E-state index in [-0.39, 0.29) is 0 Å². The lowest BCUT2D eigenvalue weighted by molar-refractivity contribution is 0.685. The lowest BCUT2D eigenvalue weighted by atomic mass is 10.1. The number of hydrogen-bond donors (Lipinski definition) is 1. The molecule has 98 valence electrons. The zero-order valence-corrected chi connectivity index (χ0v) is 11.1. The van der Waals surface area contributed by atoms with Crippen LogP contribution in [0.1, 0.15) is 56.2 Å². The number of nitrogens with one attached hydrogen (secondary N) is 1. The van der Waals surface area contributed by atoms with E-state index >= 15 is 0 Å². The number of hydrogen-bond acceptors (Lipinski definition) is 3. The fourth-order valence-corrected chi connectivity index (χ4v) is 2.85. The van der Waals surface area contributed by atoms with E-state index in [1.807, 2.05) is 0 Å². The van der Waals surface area contributed by atoms with Crippen LogP contribution >= 0.6 is 0 Å². The molecule has 1 aromatic rings. The average Bonchev–Trinajstić information content (AvgIpc) is 3.21. The first kappa shape index (κ1) is 11.9. The minimum absolute atomic E-state index is 1.04. The first-order valence-corrected chi connectivity index (χ1v) is 7.50. The summed E-state index contributed by atoms with van der Waals surface area (Å²) < 4.78 is 0. The van der Waals surface area contributed by atoms with Gasteiger partial charge in [0.05, 0.1) is 0 Å². The highest BCUT2D eigenvalue weighted by molar-refractivity contribution is 5.46. The molecule has 2 aliphatic carbocycles. The number of aryl methyl sites for hydroxylation is 1. The van der Waals surface area contributed by atoms with Crippen LogP contribution in [0.25, 0.3) is 0 Å². The summed E-state index contributed by atoms with van der Waals surface area (Å²) >= 11 is 0. The molecule has 0 saturated heterocycles. The molecular weight excluding hydrogens is 222 g/mol. The van der Waals surface area contributed by atoms with Gasteiger partial charge in [-0.3, -0.25) is 0 Å². The first-order valence-electron chi connectivity index (χ1n) is 7.50. The zero-order valence-electron chi connectivity index (χ0n) is 11.1. The highest BCUT2D eigenvalue weighted by Crippen LogP contribution is 2.33. The van der Waals surface area contributed by atoms with E-state index in [4.69, 9.17) is 0 Å². The van der Waals surface area contributed by atoms with Crippen LogP contribution < -0.4 is 5.32 Å². The van der Waals surface area contributed by atoms with E-state index in [1.165, 1.54) is 56.2 Å². The molecule has 3 rings (SSSR count). The van der Waals surface area contributed by atoms with Crippen molar-refractivity contribution >= 4 is 5.82 Å². The van der Waals surface area contributed by atoms with Gasteiger partial charge in [-0.1, -0.05) is 19.3 Å². The number of anilines is 1. The quantitative estimate of drug-likeness (QED) is 0.638. The van der Waals surface area contributed by atoms with Gasteiger partial charge in [-0.2, -0.15) is 0 Å². The highest BCUT2D eigenvalue weighted by Gasteiger charge is 2.20. The monoisotopic (exact) mass is 245 g/mol. The third-order valence-electron chi connectivity index (χ3n) is 4.15. The van der Waals surface area contributed by atoms with Crippen molar-refractivity contribution in [2.75, 3.05) is 11.9 Å². The summed E-state index contributed by atoms with van der Waals surface area (Å²) in [6.45, 7) is 1.07. The molecule has 1 saturated carbocycles. The van der Waals surface area contributed by atoms with Crippen molar-refractivity contribution in [1.29, 1.82) is 0 Å². The number of nitrogens with zero attached hydrogens (tertiary/aromatic N) is 2. The Morgan fingerprint density at radius 1 is 1.11 bits per heavy atom. The first-order chi connectivity index (χ1) is 8.93. The Balaban J connectivity index is 1.59. The molecule has 1 aromatic heterocycles. The van der Waals surface area contributed by atoms with Crippen LogP contribution in [0, 0.1) is 5.92 Å². The Kier molecular flexibility index (Phi) is 3.77. The molecule has 1 heterocycles. The molecule has 2 aliphatic rings. The second-order valence-electron chi connectivity index (χ2n) is 5.72. The molecule has 1 N–H and O–H groups in total. The van der Waals surface area contributed by atoms with Gasteiger partial charge in [0.2, 0.25) is 0 Å². The van der Waals surface area contributed by atoms with Crippen LogP contribution in [0.15, 0.2) is 6.33 Å². The number of rotatable bonds is 5. The van der Waals surface area contributed by atoms with Crippen molar-refractivity contribution in [1.82, 2.24) is 9.97 Å². The fraction of sp³-hybridized carbons (Fsp3) is 0.733. The van der Waals surface area contributed by atoms with Crippen molar-refractivity contribution in [2.24, 2.45) is 5.92 Å². The third kappa shape index (κ3) is 3.01. The maximum Gasteiger partial charge on any atom is 0.132 e. The van der Waals surface area contributed by atoms with Gasteiger partial charge in [0, 0.05) is 17.8 Å². The van der Waals surface area contributed by atoms with Crippen molar-refractivity contribution < 1.29 is 0 Å². The molecule has 1 fully saturated rings. The van der Waals surface area contributed by atoms with Gasteiger partial charge in [0.1, 0.15) is 12.1 Å². The molecule has 0 amide bonds. The van der Waals surface area contributed by atoms with Gasteiger partial charge in [-0.15, -0.1) is 0 Å². The van der Waals surface area contributed by atoms with Crippen LogP contribution in [0.2, 0.25) is 0 Å². The molecule has 0 atom stereocenters. The minimum Gasteiger partial charge on any atom is -0.370 e. The van der Waals surface area contributed by atoms with E-state index in [2.05, 4.69) is 15.3 Å². The summed E-state index contributed by atoms with van der Waals surface area (Å²) in [7, 11) is 0. The second kappa shape index (κ2) is 5.68. The topological polar surface area (TPSA) is 37.8 Å². The highest BCUT2D eigenvalue weighted by atomic mass is 15.0. The smallest absolute Gasteiger partial charge is 0.132 e. The number of fused-ring (bicyclic) bond motifs is 1. The second-order valence-corrected chi connectivity index (χ2v) is 5.72. The van der Waals surface area contributed by atoms with Crippen LogP contribution in [0.4, 0.5) is 5.82 Å². The summed E-state index contributed by atoms with van der Waals surface area (Å²) in [4.78, 5) is 8.90. The molecule has 0 aromatic carbocycles. The molecule has 0 bridgehead atoms. The largest absolute Gasteiger partial charge is 0.370 e. The normalized spacial score (nSPS) is 19.1. The van der Waals surface area contributed by atoms with Crippen molar-refractivity contribution in [3.63, 3.8) is 0 Å². The summed E-state index contributed by atoms with van der Waals surface area (Å²) in [6, 6.07) is 0. The van der Waals surface area contributed by atoms with Crippen molar-refractivity contribution in [2.45, 2.75) is 57.8 Å². The zero-order chi connectivity index (χ0) is 12.2. The Hall–Kier alpha value is -1.12. The van der Waals surface area contributed by atoms with Gasteiger partial charge in [-0.25, -0.2) is 9.97 Å². The van der Waals surface area contributed by atoms with Crippen LogP contribution in [0.3, 0.4) is 0 Å². The molecule has 3 heteroatoms. The van der Waals surface area contributed by atoms with E-state index < -0.39 is 0 Å². The summed E-state index contributed by atoms with van der Waals surface area (Å²) in [5.74, 6) is 2.15. The van der Waals surface area contributed by atoms with Crippen molar-refractivity contribution in [3.05, 3.63) is 17.6 Å². The average molecular weight is 245 g/mol. The maximum absolute atomic E-state index is 4.46. The Morgan fingerprint density at radius 3 is 2.89 bits per heavy atom. The molecular formula is C15H23N3. The summed E-state index contributed by atoms with van der Waals surface area (Å²) in [5.41, 5.74) is 2.67. The number of aromatic nitrogens is 2. The van der Waals surface area contributed by atoms with Gasteiger partial charge in [-0.05, 0) is 44.4 Å². The fourth-order valence-electron chi connectivity index (χ4n) is 2.85. The Bertz CT molecular complexity index is 399. The minimum atomic E-state index is 1.04. The lowest BCUT2D eigenvalue weighted by Gasteiger charge is -2.12. The van der Waals surface area contributed by atoms with E-state index in [1.54, 1.807) is 6.33 Å². The summed E-state index contributed by atoms with van der Waals surface area (Å²) in [6.07, 6.45) is 13.5. The maximum atomic E-state index is 4.46. The van der Waals surface area contributed by atoms with E-state index in [0.29, 0.717) is 0 Å². The standard InChI is InChI=1S/C15H23N3/c1-2-6-13-14(7-3-1)17-11-18-15(13)16-10-4-5-12-8-9-12/h11-12H,1-10H2,(H,16,17,18).